The van der Waals surface area contributed by atoms with Gasteiger partial charge in [-0.05, 0) is 37.1 Å². The van der Waals surface area contributed by atoms with Gasteiger partial charge in [0.15, 0.2) is 0 Å². The van der Waals surface area contributed by atoms with Crippen LogP contribution in [0.25, 0.3) is 10.9 Å². The molecule has 0 fully saturated rings. The van der Waals surface area contributed by atoms with Gasteiger partial charge in [0.2, 0.25) is 5.91 Å². The Morgan fingerprint density at radius 3 is 2.65 bits per heavy atom. The molecular weight excluding hydrogens is 333 g/mol. The monoisotopic (exact) mass is 353 g/mol. The van der Waals surface area contributed by atoms with Crippen molar-refractivity contribution in [3.8, 4) is 0 Å². The van der Waals surface area contributed by atoms with Crippen molar-refractivity contribution in [3.63, 3.8) is 0 Å². The van der Waals surface area contributed by atoms with Gasteiger partial charge in [-0.2, -0.15) is 0 Å². The highest BCUT2D eigenvalue weighted by Crippen LogP contribution is 2.13. The van der Waals surface area contributed by atoms with Crippen LogP contribution in [0.15, 0.2) is 59.7 Å². The molecule has 2 aromatic carbocycles. The SMILES string of the molecule is O=C(CCCCCn1cnc2ccccc2c1=O)Nc1ccccc1F. The zero-order chi connectivity index (χ0) is 18.4. The Kier molecular flexibility index (Phi) is 5.73. The first-order valence-electron chi connectivity index (χ1n) is 8.64. The van der Waals surface area contributed by atoms with E-state index in [0.717, 1.165) is 12.8 Å². The summed E-state index contributed by atoms with van der Waals surface area (Å²) in [5.41, 5.74) is 0.845. The lowest BCUT2D eigenvalue weighted by Gasteiger charge is -2.07. The number of aryl methyl sites for hydroxylation is 1. The summed E-state index contributed by atoms with van der Waals surface area (Å²) >= 11 is 0. The number of hydrogen-bond acceptors (Lipinski definition) is 3. The number of nitrogens with one attached hydrogen (secondary N) is 1. The highest BCUT2D eigenvalue weighted by Gasteiger charge is 2.06. The van der Waals surface area contributed by atoms with Gasteiger partial charge in [-0.25, -0.2) is 9.37 Å². The second kappa shape index (κ2) is 8.38. The number of hydrogen-bond donors (Lipinski definition) is 1. The first-order valence-corrected chi connectivity index (χ1v) is 8.64. The molecule has 0 bridgehead atoms. The molecule has 6 heteroatoms. The number of para-hydroxylation sites is 2. The molecule has 26 heavy (non-hydrogen) atoms. The maximum absolute atomic E-state index is 13.5. The summed E-state index contributed by atoms with van der Waals surface area (Å²) in [6.45, 7) is 0.561. The van der Waals surface area contributed by atoms with Crippen LogP contribution >= 0.6 is 0 Å². The van der Waals surface area contributed by atoms with E-state index in [4.69, 9.17) is 0 Å². The van der Waals surface area contributed by atoms with Crippen molar-refractivity contribution in [1.29, 1.82) is 0 Å². The van der Waals surface area contributed by atoms with Crippen LogP contribution in [0.5, 0.6) is 0 Å². The van der Waals surface area contributed by atoms with Gasteiger partial charge in [0.1, 0.15) is 5.82 Å². The van der Waals surface area contributed by atoms with E-state index in [0.29, 0.717) is 30.3 Å². The zero-order valence-corrected chi connectivity index (χ0v) is 14.3. The van der Waals surface area contributed by atoms with E-state index in [9.17, 15) is 14.0 Å². The molecule has 0 atom stereocenters. The molecule has 0 aliphatic heterocycles. The number of unbranched alkanes of at least 4 members (excludes halogenated alkanes) is 2. The average molecular weight is 353 g/mol. The molecule has 0 aliphatic rings. The van der Waals surface area contributed by atoms with Crippen LogP contribution in [-0.2, 0) is 11.3 Å². The Hall–Kier alpha value is -3.02. The lowest BCUT2D eigenvalue weighted by Crippen LogP contribution is -2.20. The van der Waals surface area contributed by atoms with Crippen LogP contribution in [0.3, 0.4) is 0 Å². The van der Waals surface area contributed by atoms with Crippen LogP contribution in [0.2, 0.25) is 0 Å². The number of rotatable bonds is 7. The average Bonchev–Trinajstić information content (AvgIpc) is 2.65. The second-order valence-electron chi connectivity index (χ2n) is 6.10. The topological polar surface area (TPSA) is 64.0 Å². The van der Waals surface area contributed by atoms with Gasteiger partial charge in [-0.3, -0.25) is 14.2 Å². The molecule has 134 valence electrons. The summed E-state index contributed by atoms with van der Waals surface area (Å²) in [6, 6.07) is 13.4. The molecule has 0 saturated carbocycles. The predicted molar refractivity (Wildman–Crippen MR) is 99.5 cm³/mol. The van der Waals surface area contributed by atoms with E-state index < -0.39 is 5.82 Å². The lowest BCUT2D eigenvalue weighted by molar-refractivity contribution is -0.116. The van der Waals surface area contributed by atoms with Crippen LogP contribution in [0.1, 0.15) is 25.7 Å². The molecule has 0 spiro atoms. The minimum absolute atomic E-state index is 0.0482. The first-order chi connectivity index (χ1) is 12.6. The fourth-order valence-electron chi connectivity index (χ4n) is 2.79. The number of halogens is 1. The third kappa shape index (κ3) is 4.33. The van der Waals surface area contributed by atoms with Crippen molar-refractivity contribution in [2.45, 2.75) is 32.2 Å². The molecule has 0 aliphatic carbocycles. The molecule has 1 amide bonds. The van der Waals surface area contributed by atoms with Crippen molar-refractivity contribution in [2.75, 3.05) is 5.32 Å². The number of fused-ring (bicyclic) bond motifs is 1. The summed E-state index contributed by atoms with van der Waals surface area (Å²) in [5, 5.41) is 3.18. The Bertz CT molecular complexity index is 968. The standard InChI is InChI=1S/C20H20FN3O2/c21-16-9-4-6-11-18(16)23-19(25)12-2-1-7-13-24-14-22-17-10-5-3-8-15(17)20(24)26/h3-6,8-11,14H,1-2,7,12-13H2,(H,23,25). The molecule has 1 N–H and O–H groups in total. The van der Waals surface area contributed by atoms with E-state index >= 15 is 0 Å². The molecular formula is C20H20FN3O2. The zero-order valence-electron chi connectivity index (χ0n) is 14.3. The summed E-state index contributed by atoms with van der Waals surface area (Å²) in [5.74, 6) is -0.649. The molecule has 1 aromatic heterocycles. The highest BCUT2D eigenvalue weighted by molar-refractivity contribution is 5.90. The summed E-state index contributed by atoms with van der Waals surface area (Å²) in [4.78, 5) is 28.5. The van der Waals surface area contributed by atoms with Gasteiger partial charge in [0.05, 0.1) is 22.9 Å². The van der Waals surface area contributed by atoms with Crippen molar-refractivity contribution >= 4 is 22.5 Å². The Balaban J connectivity index is 1.45. The van der Waals surface area contributed by atoms with E-state index in [2.05, 4.69) is 10.3 Å². The number of carbonyl (C=O) groups excluding carboxylic acids is 1. The number of anilines is 1. The quantitative estimate of drug-likeness (QED) is 0.658. The molecule has 5 nitrogen and oxygen atoms in total. The highest BCUT2D eigenvalue weighted by atomic mass is 19.1. The first kappa shape index (κ1) is 17.8. The molecule has 1 heterocycles. The molecule has 0 unspecified atom stereocenters. The normalized spacial score (nSPS) is 10.8. The largest absolute Gasteiger partial charge is 0.324 e. The van der Waals surface area contributed by atoms with E-state index in [1.54, 1.807) is 29.1 Å². The van der Waals surface area contributed by atoms with Crippen molar-refractivity contribution in [2.24, 2.45) is 0 Å². The lowest BCUT2D eigenvalue weighted by atomic mass is 10.2. The maximum Gasteiger partial charge on any atom is 0.261 e. The number of benzene rings is 2. The number of carbonyl (C=O) groups is 1. The van der Waals surface area contributed by atoms with Crippen LogP contribution < -0.4 is 10.9 Å². The Morgan fingerprint density at radius 1 is 1.04 bits per heavy atom. The van der Waals surface area contributed by atoms with Crippen molar-refractivity contribution in [1.82, 2.24) is 9.55 Å². The van der Waals surface area contributed by atoms with Crippen LogP contribution in [0, 0.1) is 5.82 Å². The van der Waals surface area contributed by atoms with Crippen LogP contribution in [-0.4, -0.2) is 15.5 Å². The third-order valence-electron chi connectivity index (χ3n) is 4.18. The number of aromatic nitrogens is 2. The minimum Gasteiger partial charge on any atom is -0.324 e. The van der Waals surface area contributed by atoms with Gasteiger partial charge in [-0.1, -0.05) is 30.7 Å². The Morgan fingerprint density at radius 2 is 1.81 bits per heavy atom. The van der Waals surface area contributed by atoms with E-state index in [-0.39, 0.29) is 17.2 Å². The van der Waals surface area contributed by atoms with Gasteiger partial charge < -0.3 is 5.32 Å². The van der Waals surface area contributed by atoms with E-state index in [1.807, 2.05) is 18.2 Å². The fourth-order valence-corrected chi connectivity index (χ4v) is 2.79. The third-order valence-corrected chi connectivity index (χ3v) is 4.18. The number of nitrogens with zero attached hydrogens (tertiary/aromatic N) is 2. The fraction of sp³-hybridized carbons (Fsp3) is 0.250. The van der Waals surface area contributed by atoms with Gasteiger partial charge >= 0.3 is 0 Å². The summed E-state index contributed by atoms with van der Waals surface area (Å²) in [7, 11) is 0. The smallest absolute Gasteiger partial charge is 0.261 e. The molecule has 3 rings (SSSR count). The number of amides is 1. The predicted octanol–water partition coefficient (Wildman–Crippen LogP) is 3.73. The molecule has 0 radical (unpaired) electrons. The van der Waals surface area contributed by atoms with Gasteiger partial charge in [0, 0.05) is 13.0 Å². The Labute approximate surface area is 150 Å². The minimum atomic E-state index is -0.441. The van der Waals surface area contributed by atoms with Crippen LogP contribution in [0.4, 0.5) is 10.1 Å². The molecule has 3 aromatic rings. The molecule has 0 saturated heterocycles. The van der Waals surface area contributed by atoms with Gasteiger partial charge in [-0.15, -0.1) is 0 Å². The maximum atomic E-state index is 13.5. The summed E-state index contributed by atoms with van der Waals surface area (Å²) < 4.78 is 15.1. The van der Waals surface area contributed by atoms with Crippen molar-refractivity contribution < 1.29 is 9.18 Å². The van der Waals surface area contributed by atoms with Crippen molar-refractivity contribution in [3.05, 3.63) is 71.0 Å². The summed E-state index contributed by atoms with van der Waals surface area (Å²) in [6.07, 6.45) is 4.13. The van der Waals surface area contributed by atoms with E-state index in [1.165, 1.54) is 12.1 Å². The van der Waals surface area contributed by atoms with Gasteiger partial charge in [0.25, 0.3) is 5.56 Å². The second-order valence-corrected chi connectivity index (χ2v) is 6.10.